The molecule has 0 N–H and O–H groups in total. The largest absolute Gasteiger partial charge is 0.494 e. The van der Waals surface area contributed by atoms with Crippen molar-refractivity contribution in [3.63, 3.8) is 0 Å². The third-order valence-corrected chi connectivity index (χ3v) is 4.00. The monoisotopic (exact) mass is 386 g/mol. The van der Waals surface area contributed by atoms with Gasteiger partial charge < -0.3 is 18.9 Å². The van der Waals surface area contributed by atoms with E-state index < -0.39 is 24.2 Å². The fraction of sp³-hybridized carbons (Fsp3) is 0.238. The number of halogens is 1. The van der Waals surface area contributed by atoms with Crippen molar-refractivity contribution in [2.45, 2.75) is 6.42 Å². The van der Waals surface area contributed by atoms with Crippen LogP contribution >= 0.6 is 0 Å². The lowest BCUT2D eigenvalue weighted by Gasteiger charge is -2.07. The molecule has 7 heteroatoms. The van der Waals surface area contributed by atoms with Crippen LogP contribution in [0.2, 0.25) is 0 Å². The van der Waals surface area contributed by atoms with Crippen molar-refractivity contribution in [3.05, 3.63) is 59.4 Å². The van der Waals surface area contributed by atoms with E-state index in [1.54, 1.807) is 24.3 Å². The van der Waals surface area contributed by atoms with Crippen LogP contribution in [0.5, 0.6) is 17.2 Å². The van der Waals surface area contributed by atoms with Crippen LogP contribution in [0, 0.1) is 5.82 Å². The van der Waals surface area contributed by atoms with Crippen LogP contribution in [0.1, 0.15) is 22.3 Å². The van der Waals surface area contributed by atoms with Crippen molar-refractivity contribution in [1.82, 2.24) is 0 Å². The van der Waals surface area contributed by atoms with E-state index in [9.17, 15) is 14.0 Å². The van der Waals surface area contributed by atoms with E-state index >= 15 is 0 Å². The van der Waals surface area contributed by atoms with Crippen LogP contribution in [0.3, 0.4) is 0 Å². The van der Waals surface area contributed by atoms with Crippen molar-refractivity contribution in [3.8, 4) is 17.2 Å². The molecule has 1 aliphatic rings. The molecule has 28 heavy (non-hydrogen) atoms. The summed E-state index contributed by atoms with van der Waals surface area (Å²) >= 11 is 0. The molecular weight excluding hydrogens is 367 g/mol. The summed E-state index contributed by atoms with van der Waals surface area (Å²) < 4.78 is 34.5. The Hall–Kier alpha value is -3.35. The highest BCUT2D eigenvalue weighted by atomic mass is 19.1. The van der Waals surface area contributed by atoms with Crippen LogP contribution < -0.4 is 14.2 Å². The zero-order chi connectivity index (χ0) is 19.9. The summed E-state index contributed by atoms with van der Waals surface area (Å²) in [4.78, 5) is 23.9. The van der Waals surface area contributed by atoms with Gasteiger partial charge in [-0.25, -0.2) is 9.18 Å². The van der Waals surface area contributed by atoms with Gasteiger partial charge in [-0.15, -0.1) is 0 Å². The van der Waals surface area contributed by atoms with Gasteiger partial charge in [0.05, 0.1) is 20.3 Å². The lowest BCUT2D eigenvalue weighted by atomic mass is 10.1. The number of carbonyl (C=O) groups excluding carboxylic acids is 2. The van der Waals surface area contributed by atoms with Crippen LogP contribution in [-0.4, -0.2) is 38.7 Å². The predicted molar refractivity (Wildman–Crippen MR) is 99.3 cm³/mol. The van der Waals surface area contributed by atoms with Crippen molar-refractivity contribution in [2.75, 3.05) is 26.9 Å². The second-order valence-corrected chi connectivity index (χ2v) is 5.97. The number of Topliss-reactive ketones (excluding diaryl/α,β-unsaturated/α-hetero) is 1. The molecule has 0 spiro atoms. The SMILES string of the molecule is COc1ccc(C(=O)COC(=O)/C=C/c2ccc3c(c2)OCCCO3)cc1F. The highest BCUT2D eigenvalue weighted by molar-refractivity contribution is 5.99. The number of hydrogen-bond donors (Lipinski definition) is 0. The molecule has 0 saturated carbocycles. The van der Waals surface area contributed by atoms with Crippen molar-refractivity contribution in [2.24, 2.45) is 0 Å². The van der Waals surface area contributed by atoms with E-state index in [0.717, 1.165) is 18.1 Å². The summed E-state index contributed by atoms with van der Waals surface area (Å²) in [6, 6.07) is 9.11. The number of hydrogen-bond acceptors (Lipinski definition) is 6. The van der Waals surface area contributed by atoms with Gasteiger partial charge in [0, 0.05) is 18.1 Å². The second kappa shape index (κ2) is 9.03. The fourth-order valence-electron chi connectivity index (χ4n) is 2.56. The van der Waals surface area contributed by atoms with E-state index in [4.69, 9.17) is 18.9 Å². The Balaban J connectivity index is 1.56. The minimum atomic E-state index is -0.686. The first-order chi connectivity index (χ1) is 13.6. The number of esters is 1. The Morgan fingerprint density at radius 3 is 2.64 bits per heavy atom. The molecule has 3 rings (SSSR count). The number of ether oxygens (including phenoxy) is 4. The van der Waals surface area contributed by atoms with Gasteiger partial charge in [0.2, 0.25) is 0 Å². The zero-order valence-corrected chi connectivity index (χ0v) is 15.3. The molecule has 1 heterocycles. The zero-order valence-electron chi connectivity index (χ0n) is 15.3. The van der Waals surface area contributed by atoms with Gasteiger partial charge in [0.25, 0.3) is 0 Å². The first-order valence-corrected chi connectivity index (χ1v) is 8.68. The topological polar surface area (TPSA) is 71.1 Å². The first-order valence-electron chi connectivity index (χ1n) is 8.68. The lowest BCUT2D eigenvalue weighted by Crippen LogP contribution is -2.12. The molecule has 146 valence electrons. The van der Waals surface area contributed by atoms with E-state index in [1.807, 2.05) is 0 Å². The molecule has 0 atom stereocenters. The molecule has 0 aromatic heterocycles. The Labute approximate surface area is 161 Å². The summed E-state index contributed by atoms with van der Waals surface area (Å²) in [5, 5.41) is 0. The molecule has 1 aliphatic heterocycles. The molecule has 0 aliphatic carbocycles. The summed E-state index contributed by atoms with van der Waals surface area (Å²) in [5.74, 6) is -0.548. The molecule has 0 radical (unpaired) electrons. The molecule has 0 unspecified atom stereocenters. The summed E-state index contributed by atoms with van der Waals surface area (Å²) in [6.07, 6.45) is 3.56. The third kappa shape index (κ3) is 4.88. The highest BCUT2D eigenvalue weighted by Crippen LogP contribution is 2.30. The maximum absolute atomic E-state index is 13.6. The number of methoxy groups -OCH3 is 1. The Kier molecular flexibility index (Phi) is 6.26. The number of ketones is 1. The Morgan fingerprint density at radius 2 is 1.89 bits per heavy atom. The maximum Gasteiger partial charge on any atom is 0.331 e. The number of benzene rings is 2. The molecule has 0 amide bonds. The Bertz CT molecular complexity index is 906. The van der Waals surface area contributed by atoms with Crippen molar-refractivity contribution >= 4 is 17.8 Å². The quantitative estimate of drug-likeness (QED) is 0.430. The molecule has 2 aromatic carbocycles. The predicted octanol–water partition coefficient (Wildman–Crippen LogP) is 3.43. The van der Waals surface area contributed by atoms with E-state index in [1.165, 1.54) is 25.3 Å². The molecule has 0 saturated heterocycles. The maximum atomic E-state index is 13.6. The minimum Gasteiger partial charge on any atom is -0.494 e. The number of fused-ring (bicyclic) bond motifs is 1. The van der Waals surface area contributed by atoms with E-state index in [-0.39, 0.29) is 11.3 Å². The number of rotatable bonds is 6. The van der Waals surface area contributed by atoms with Crippen LogP contribution in [0.25, 0.3) is 6.08 Å². The molecular formula is C21H19FO6. The normalized spacial score (nSPS) is 13.1. The third-order valence-electron chi connectivity index (χ3n) is 4.00. The van der Waals surface area contributed by atoms with Gasteiger partial charge in [-0.1, -0.05) is 6.07 Å². The second-order valence-electron chi connectivity index (χ2n) is 5.97. The summed E-state index contributed by atoms with van der Waals surface area (Å²) in [7, 11) is 1.33. The fourth-order valence-corrected chi connectivity index (χ4v) is 2.56. The van der Waals surface area contributed by atoms with Crippen LogP contribution in [0.15, 0.2) is 42.5 Å². The minimum absolute atomic E-state index is 0.0339. The summed E-state index contributed by atoms with van der Waals surface area (Å²) in [5.41, 5.74) is 0.822. The Morgan fingerprint density at radius 1 is 1.11 bits per heavy atom. The standard InChI is InChI=1S/C21H19FO6/c1-25-18-7-5-15(12-16(18)22)17(23)13-28-21(24)8-4-14-3-6-19-20(11-14)27-10-2-9-26-19/h3-8,11-12H,2,9-10,13H2,1H3/b8-4+. The molecule has 0 fully saturated rings. The van der Waals surface area contributed by atoms with E-state index in [2.05, 4.69) is 0 Å². The van der Waals surface area contributed by atoms with E-state index in [0.29, 0.717) is 24.7 Å². The summed E-state index contributed by atoms with van der Waals surface area (Å²) in [6.45, 7) is 0.674. The van der Waals surface area contributed by atoms with Crippen LogP contribution in [0.4, 0.5) is 4.39 Å². The van der Waals surface area contributed by atoms with Gasteiger partial charge >= 0.3 is 5.97 Å². The van der Waals surface area contributed by atoms with Crippen molar-refractivity contribution in [1.29, 1.82) is 0 Å². The smallest absolute Gasteiger partial charge is 0.331 e. The van der Waals surface area contributed by atoms with Gasteiger partial charge in [0.1, 0.15) is 0 Å². The van der Waals surface area contributed by atoms with Gasteiger partial charge in [-0.2, -0.15) is 0 Å². The molecule has 0 bridgehead atoms. The average molecular weight is 386 g/mol. The molecule has 6 nitrogen and oxygen atoms in total. The highest BCUT2D eigenvalue weighted by Gasteiger charge is 2.13. The van der Waals surface area contributed by atoms with Gasteiger partial charge in [0.15, 0.2) is 35.5 Å². The van der Waals surface area contributed by atoms with Crippen molar-refractivity contribution < 1.29 is 32.9 Å². The lowest BCUT2D eigenvalue weighted by molar-refractivity contribution is -0.136. The number of carbonyl (C=O) groups is 2. The first kappa shape index (κ1) is 19.4. The average Bonchev–Trinajstić information content (AvgIpc) is 2.95. The van der Waals surface area contributed by atoms with Gasteiger partial charge in [-0.3, -0.25) is 4.79 Å². The van der Waals surface area contributed by atoms with Crippen LogP contribution in [-0.2, 0) is 9.53 Å². The van der Waals surface area contributed by atoms with Gasteiger partial charge in [-0.05, 0) is 42.0 Å². The molecule has 2 aromatic rings.